The Bertz CT molecular complexity index is 791. The van der Waals surface area contributed by atoms with Gasteiger partial charge >= 0.3 is 0 Å². The molecule has 1 saturated heterocycles. The fraction of sp³-hybridized carbons (Fsp3) is 0.381. The molecule has 138 valence electrons. The van der Waals surface area contributed by atoms with Gasteiger partial charge in [0.15, 0.2) is 11.5 Å². The van der Waals surface area contributed by atoms with Gasteiger partial charge < -0.3 is 14.4 Å². The molecule has 1 aliphatic rings. The maximum absolute atomic E-state index is 12.8. The van der Waals surface area contributed by atoms with Crippen LogP contribution in [0.4, 0.5) is 5.69 Å². The average molecular weight is 354 g/mol. The van der Waals surface area contributed by atoms with Crippen molar-refractivity contribution in [1.29, 1.82) is 0 Å². The summed E-state index contributed by atoms with van der Waals surface area (Å²) in [4.78, 5) is 16.9. The number of carbonyl (C=O) groups is 1. The van der Waals surface area contributed by atoms with Crippen LogP contribution in [-0.4, -0.2) is 44.2 Å². The maximum Gasteiger partial charge on any atom is 0.241 e. The van der Waals surface area contributed by atoms with E-state index in [2.05, 4.69) is 11.8 Å². The van der Waals surface area contributed by atoms with E-state index in [0.717, 1.165) is 23.4 Å². The van der Waals surface area contributed by atoms with Crippen LogP contribution in [-0.2, 0) is 11.3 Å². The van der Waals surface area contributed by atoms with Crippen molar-refractivity contribution in [3.63, 3.8) is 0 Å². The van der Waals surface area contributed by atoms with Crippen molar-refractivity contribution >= 4 is 11.6 Å². The van der Waals surface area contributed by atoms with E-state index in [1.54, 1.807) is 14.2 Å². The number of rotatable bonds is 5. The van der Waals surface area contributed by atoms with E-state index in [-0.39, 0.29) is 11.9 Å². The summed E-state index contributed by atoms with van der Waals surface area (Å²) in [6.07, 6.45) is 0. The summed E-state index contributed by atoms with van der Waals surface area (Å²) in [7, 11) is 3.26. The SMILES string of the molecule is COc1ccc(CN2CC(=O)N(c3ccccc3C)[C@H](C)C2)cc1OC. The van der Waals surface area contributed by atoms with Gasteiger partial charge in [-0.1, -0.05) is 24.3 Å². The summed E-state index contributed by atoms with van der Waals surface area (Å²) >= 11 is 0. The van der Waals surface area contributed by atoms with Crippen molar-refractivity contribution < 1.29 is 14.3 Å². The van der Waals surface area contributed by atoms with Crippen LogP contribution in [0, 0.1) is 6.92 Å². The van der Waals surface area contributed by atoms with Crippen LogP contribution in [0.1, 0.15) is 18.1 Å². The minimum atomic E-state index is 0.123. The van der Waals surface area contributed by atoms with Gasteiger partial charge in [0.25, 0.3) is 0 Å². The van der Waals surface area contributed by atoms with Gasteiger partial charge in [0, 0.05) is 24.8 Å². The standard InChI is InChI=1S/C21H26N2O3/c1-15-7-5-6-8-18(15)23-16(2)12-22(14-21(23)24)13-17-9-10-19(25-3)20(11-17)26-4/h5-11,16H,12-14H2,1-4H3/t16-/m1/s1. The molecule has 1 aliphatic heterocycles. The van der Waals surface area contributed by atoms with Crippen molar-refractivity contribution in [3.05, 3.63) is 53.6 Å². The number of para-hydroxylation sites is 1. The molecule has 0 aliphatic carbocycles. The summed E-state index contributed by atoms with van der Waals surface area (Å²) in [5, 5.41) is 0. The van der Waals surface area contributed by atoms with Crippen molar-refractivity contribution in [2.45, 2.75) is 26.4 Å². The Morgan fingerprint density at radius 2 is 1.81 bits per heavy atom. The smallest absolute Gasteiger partial charge is 0.241 e. The van der Waals surface area contributed by atoms with Gasteiger partial charge in [-0.05, 0) is 43.2 Å². The molecule has 0 spiro atoms. The highest BCUT2D eigenvalue weighted by molar-refractivity contribution is 5.96. The Hall–Kier alpha value is -2.53. The number of anilines is 1. The van der Waals surface area contributed by atoms with E-state index in [0.29, 0.717) is 24.6 Å². The first-order chi connectivity index (χ1) is 12.5. The van der Waals surface area contributed by atoms with Crippen molar-refractivity contribution in [2.24, 2.45) is 0 Å². The maximum atomic E-state index is 12.8. The van der Waals surface area contributed by atoms with Crippen LogP contribution >= 0.6 is 0 Å². The molecule has 0 aromatic heterocycles. The Labute approximate surface area is 155 Å². The molecule has 0 unspecified atom stereocenters. The molecular weight excluding hydrogens is 328 g/mol. The number of amides is 1. The lowest BCUT2D eigenvalue weighted by atomic mass is 10.1. The number of hydrogen-bond acceptors (Lipinski definition) is 4. The normalized spacial score (nSPS) is 18.1. The number of nitrogens with zero attached hydrogens (tertiary/aromatic N) is 2. The van der Waals surface area contributed by atoms with E-state index in [1.807, 2.05) is 54.3 Å². The minimum Gasteiger partial charge on any atom is -0.493 e. The van der Waals surface area contributed by atoms with Crippen LogP contribution in [0.25, 0.3) is 0 Å². The van der Waals surface area contributed by atoms with E-state index < -0.39 is 0 Å². The van der Waals surface area contributed by atoms with Gasteiger partial charge in [-0.25, -0.2) is 0 Å². The van der Waals surface area contributed by atoms with Crippen molar-refractivity contribution in [1.82, 2.24) is 4.90 Å². The van der Waals surface area contributed by atoms with Gasteiger partial charge in [0.05, 0.1) is 20.8 Å². The van der Waals surface area contributed by atoms with E-state index >= 15 is 0 Å². The summed E-state index contributed by atoms with van der Waals surface area (Å²) < 4.78 is 10.7. The average Bonchev–Trinajstić information content (AvgIpc) is 2.62. The van der Waals surface area contributed by atoms with Gasteiger partial charge in [-0.2, -0.15) is 0 Å². The zero-order valence-corrected chi connectivity index (χ0v) is 15.9. The van der Waals surface area contributed by atoms with E-state index in [1.165, 1.54) is 0 Å². The second kappa shape index (κ2) is 7.79. The first-order valence-corrected chi connectivity index (χ1v) is 8.84. The topological polar surface area (TPSA) is 42.0 Å². The summed E-state index contributed by atoms with van der Waals surface area (Å²) in [6.45, 7) is 6.09. The molecule has 1 heterocycles. The number of benzene rings is 2. The highest BCUT2D eigenvalue weighted by atomic mass is 16.5. The lowest BCUT2D eigenvalue weighted by Crippen LogP contribution is -2.55. The van der Waals surface area contributed by atoms with E-state index in [4.69, 9.17) is 9.47 Å². The third-order valence-electron chi connectivity index (χ3n) is 4.82. The van der Waals surface area contributed by atoms with Gasteiger partial charge in [-0.15, -0.1) is 0 Å². The number of methoxy groups -OCH3 is 2. The fourth-order valence-electron chi connectivity index (χ4n) is 3.60. The van der Waals surface area contributed by atoms with Gasteiger partial charge in [0.2, 0.25) is 5.91 Å². The Kier molecular flexibility index (Phi) is 5.47. The predicted octanol–water partition coefficient (Wildman–Crippen LogP) is 3.25. The molecule has 0 bridgehead atoms. The fourth-order valence-corrected chi connectivity index (χ4v) is 3.60. The molecule has 2 aromatic rings. The zero-order valence-electron chi connectivity index (χ0n) is 15.9. The highest BCUT2D eigenvalue weighted by Crippen LogP contribution is 2.29. The number of piperazine rings is 1. The highest BCUT2D eigenvalue weighted by Gasteiger charge is 2.31. The summed E-state index contributed by atoms with van der Waals surface area (Å²) in [5.41, 5.74) is 3.24. The lowest BCUT2D eigenvalue weighted by molar-refractivity contribution is -0.122. The molecule has 0 saturated carbocycles. The molecule has 3 rings (SSSR count). The number of ether oxygens (including phenoxy) is 2. The third kappa shape index (κ3) is 3.68. The van der Waals surface area contributed by atoms with Crippen molar-refractivity contribution in [3.8, 4) is 11.5 Å². The number of aryl methyl sites for hydroxylation is 1. The van der Waals surface area contributed by atoms with Crippen LogP contribution in [0.3, 0.4) is 0 Å². The molecule has 0 radical (unpaired) electrons. The largest absolute Gasteiger partial charge is 0.493 e. The van der Waals surface area contributed by atoms with Crippen LogP contribution in [0.5, 0.6) is 11.5 Å². The molecule has 1 fully saturated rings. The second-order valence-corrected chi connectivity index (χ2v) is 6.76. The lowest BCUT2D eigenvalue weighted by Gasteiger charge is -2.40. The Morgan fingerprint density at radius 1 is 1.08 bits per heavy atom. The van der Waals surface area contributed by atoms with Crippen LogP contribution in [0.2, 0.25) is 0 Å². The molecular formula is C21H26N2O3. The minimum absolute atomic E-state index is 0.123. The van der Waals surface area contributed by atoms with E-state index in [9.17, 15) is 4.79 Å². The molecule has 1 amide bonds. The second-order valence-electron chi connectivity index (χ2n) is 6.76. The summed E-state index contributed by atoms with van der Waals surface area (Å²) in [6, 6.07) is 14.1. The molecule has 1 atom stereocenters. The molecule has 2 aromatic carbocycles. The zero-order chi connectivity index (χ0) is 18.7. The van der Waals surface area contributed by atoms with Gasteiger partial charge in [0.1, 0.15) is 0 Å². The first-order valence-electron chi connectivity index (χ1n) is 8.84. The monoisotopic (exact) mass is 354 g/mol. The van der Waals surface area contributed by atoms with Crippen LogP contribution < -0.4 is 14.4 Å². The van der Waals surface area contributed by atoms with Crippen LogP contribution in [0.15, 0.2) is 42.5 Å². The Balaban J connectivity index is 1.74. The van der Waals surface area contributed by atoms with Crippen molar-refractivity contribution in [2.75, 3.05) is 32.2 Å². The first kappa shape index (κ1) is 18.3. The summed E-state index contributed by atoms with van der Waals surface area (Å²) in [5.74, 6) is 1.56. The molecule has 0 N–H and O–H groups in total. The predicted molar refractivity (Wildman–Crippen MR) is 103 cm³/mol. The number of carbonyl (C=O) groups excluding carboxylic acids is 1. The van der Waals surface area contributed by atoms with Gasteiger partial charge in [-0.3, -0.25) is 9.69 Å². The third-order valence-corrected chi connectivity index (χ3v) is 4.82. The quantitative estimate of drug-likeness (QED) is 0.827. The molecule has 5 heteroatoms. The number of hydrogen-bond donors (Lipinski definition) is 0. The Morgan fingerprint density at radius 3 is 2.46 bits per heavy atom. The molecule has 5 nitrogen and oxygen atoms in total. The molecule has 26 heavy (non-hydrogen) atoms.